The van der Waals surface area contributed by atoms with Crippen molar-refractivity contribution in [1.82, 2.24) is 10.9 Å². The van der Waals surface area contributed by atoms with Gasteiger partial charge in [-0.3, -0.25) is 25.2 Å². The average Bonchev–Trinajstić information content (AvgIpc) is 3.02. The fourth-order valence-corrected chi connectivity index (χ4v) is 2.48. The first kappa shape index (κ1) is 15.0. The minimum atomic E-state index is -0.369. The van der Waals surface area contributed by atoms with Crippen LogP contribution in [0.3, 0.4) is 0 Å². The van der Waals surface area contributed by atoms with Gasteiger partial charge in [0.15, 0.2) is 0 Å². The molecule has 0 spiro atoms. The average molecular weight is 290 g/mol. The van der Waals surface area contributed by atoms with Crippen LogP contribution < -0.4 is 10.9 Å². The summed E-state index contributed by atoms with van der Waals surface area (Å²) in [6, 6.07) is 8.61. The molecule has 0 radical (unpaired) electrons. The van der Waals surface area contributed by atoms with Gasteiger partial charge >= 0.3 is 5.97 Å². The summed E-state index contributed by atoms with van der Waals surface area (Å²) in [5.74, 6) is -1.42. The quantitative estimate of drug-likeness (QED) is 0.643. The van der Waals surface area contributed by atoms with E-state index in [2.05, 4.69) is 15.6 Å². The van der Waals surface area contributed by atoms with Crippen LogP contribution in [0, 0.1) is 11.8 Å². The van der Waals surface area contributed by atoms with Crippen molar-refractivity contribution in [2.45, 2.75) is 19.3 Å². The minimum absolute atomic E-state index is 0.226. The van der Waals surface area contributed by atoms with E-state index in [0.29, 0.717) is 24.8 Å². The van der Waals surface area contributed by atoms with Crippen LogP contribution in [0.25, 0.3) is 0 Å². The van der Waals surface area contributed by atoms with Crippen LogP contribution in [0.1, 0.15) is 29.6 Å². The van der Waals surface area contributed by atoms with Gasteiger partial charge in [0.05, 0.1) is 13.0 Å². The van der Waals surface area contributed by atoms with Crippen LogP contribution in [-0.4, -0.2) is 24.9 Å². The third kappa shape index (κ3) is 3.81. The molecule has 1 saturated carbocycles. The molecule has 6 heteroatoms. The van der Waals surface area contributed by atoms with E-state index in [-0.39, 0.29) is 29.6 Å². The van der Waals surface area contributed by atoms with Crippen LogP contribution >= 0.6 is 0 Å². The molecule has 2 atom stereocenters. The maximum atomic E-state index is 12.0. The molecule has 0 aromatic heterocycles. The largest absolute Gasteiger partial charge is 0.469 e. The van der Waals surface area contributed by atoms with Gasteiger partial charge in [-0.15, -0.1) is 0 Å². The Balaban J connectivity index is 1.81. The Hall–Kier alpha value is -2.37. The number of carbonyl (C=O) groups is 3. The number of hydrogen-bond donors (Lipinski definition) is 2. The maximum absolute atomic E-state index is 12.0. The Bertz CT molecular complexity index is 530. The maximum Gasteiger partial charge on any atom is 0.308 e. The topological polar surface area (TPSA) is 84.5 Å². The molecule has 0 bridgehead atoms. The summed E-state index contributed by atoms with van der Waals surface area (Å²) in [6.45, 7) is 0. The van der Waals surface area contributed by atoms with Crippen molar-refractivity contribution in [2.75, 3.05) is 7.11 Å². The number of ether oxygens (including phenoxy) is 1. The second-order valence-corrected chi connectivity index (χ2v) is 5.04. The molecular formula is C15H18N2O4. The van der Waals surface area contributed by atoms with Crippen molar-refractivity contribution in [3.05, 3.63) is 35.9 Å². The number of esters is 1. The van der Waals surface area contributed by atoms with Gasteiger partial charge in [-0.05, 0) is 31.4 Å². The summed E-state index contributed by atoms with van der Waals surface area (Å²) in [5, 5.41) is 0. The van der Waals surface area contributed by atoms with Gasteiger partial charge in [0.1, 0.15) is 0 Å². The second kappa shape index (κ2) is 6.88. The highest BCUT2D eigenvalue weighted by molar-refractivity contribution is 5.95. The third-order valence-electron chi connectivity index (χ3n) is 3.67. The van der Waals surface area contributed by atoms with Crippen molar-refractivity contribution in [1.29, 1.82) is 0 Å². The van der Waals surface area contributed by atoms with Crippen LogP contribution in [0.5, 0.6) is 0 Å². The molecule has 2 rings (SSSR count). The van der Waals surface area contributed by atoms with E-state index in [4.69, 9.17) is 0 Å². The number of methoxy groups -OCH3 is 1. The standard InChI is InChI=1S/C15H18N2O4/c1-21-15(20)12-8-7-11(9-12)14(19)17-16-13(18)10-5-3-2-4-6-10/h2-6,11-12H,7-9H2,1H3,(H,16,18)(H,17,19). The van der Waals surface area contributed by atoms with Crippen molar-refractivity contribution in [2.24, 2.45) is 11.8 Å². The molecule has 1 aliphatic carbocycles. The van der Waals surface area contributed by atoms with Crippen molar-refractivity contribution < 1.29 is 19.1 Å². The van der Waals surface area contributed by atoms with E-state index in [1.807, 2.05) is 0 Å². The van der Waals surface area contributed by atoms with Gasteiger partial charge in [-0.25, -0.2) is 0 Å². The predicted octanol–water partition coefficient (Wildman–Crippen LogP) is 1.04. The van der Waals surface area contributed by atoms with Gasteiger partial charge in [0.25, 0.3) is 5.91 Å². The summed E-state index contributed by atoms with van der Waals surface area (Å²) >= 11 is 0. The highest BCUT2D eigenvalue weighted by atomic mass is 16.5. The molecule has 1 fully saturated rings. The number of rotatable bonds is 3. The summed E-state index contributed by atoms with van der Waals surface area (Å²) in [6.07, 6.45) is 1.71. The van der Waals surface area contributed by atoms with E-state index in [9.17, 15) is 14.4 Å². The van der Waals surface area contributed by atoms with E-state index in [1.54, 1.807) is 30.3 Å². The van der Waals surface area contributed by atoms with Gasteiger partial charge in [0, 0.05) is 11.5 Å². The van der Waals surface area contributed by atoms with Gasteiger partial charge in [0.2, 0.25) is 5.91 Å². The van der Waals surface area contributed by atoms with E-state index >= 15 is 0 Å². The lowest BCUT2D eigenvalue weighted by molar-refractivity contribution is -0.145. The van der Waals surface area contributed by atoms with Gasteiger partial charge < -0.3 is 4.74 Å². The fraction of sp³-hybridized carbons (Fsp3) is 0.400. The molecule has 0 heterocycles. The van der Waals surface area contributed by atoms with E-state index in [1.165, 1.54) is 7.11 Å². The molecule has 21 heavy (non-hydrogen) atoms. The number of carbonyl (C=O) groups excluding carboxylic acids is 3. The molecule has 2 N–H and O–H groups in total. The molecular weight excluding hydrogens is 272 g/mol. The van der Waals surface area contributed by atoms with Gasteiger partial charge in [-0.2, -0.15) is 0 Å². The monoisotopic (exact) mass is 290 g/mol. The highest BCUT2D eigenvalue weighted by Gasteiger charge is 2.34. The number of benzene rings is 1. The third-order valence-corrected chi connectivity index (χ3v) is 3.67. The first-order valence-corrected chi connectivity index (χ1v) is 6.85. The van der Waals surface area contributed by atoms with Crippen molar-refractivity contribution in [3.8, 4) is 0 Å². The molecule has 0 aliphatic heterocycles. The number of hydrazine groups is 1. The van der Waals surface area contributed by atoms with Crippen molar-refractivity contribution in [3.63, 3.8) is 0 Å². The Morgan fingerprint density at radius 1 is 1.05 bits per heavy atom. The molecule has 1 aromatic rings. The van der Waals surface area contributed by atoms with Crippen LogP contribution in [0.4, 0.5) is 0 Å². The Morgan fingerprint density at radius 2 is 1.71 bits per heavy atom. The van der Waals surface area contributed by atoms with E-state index in [0.717, 1.165) is 0 Å². The first-order chi connectivity index (χ1) is 10.1. The Labute approximate surface area is 122 Å². The molecule has 0 saturated heterocycles. The Kier molecular flexibility index (Phi) is 4.92. The van der Waals surface area contributed by atoms with Crippen molar-refractivity contribution >= 4 is 17.8 Å². The predicted molar refractivity (Wildman–Crippen MR) is 74.9 cm³/mol. The molecule has 1 aliphatic rings. The Morgan fingerprint density at radius 3 is 2.38 bits per heavy atom. The summed E-state index contributed by atoms with van der Waals surface area (Å²) < 4.78 is 4.68. The zero-order valence-electron chi connectivity index (χ0n) is 11.8. The summed E-state index contributed by atoms with van der Waals surface area (Å²) in [4.78, 5) is 35.2. The smallest absolute Gasteiger partial charge is 0.308 e. The fourth-order valence-electron chi connectivity index (χ4n) is 2.48. The molecule has 2 unspecified atom stereocenters. The summed E-state index contributed by atoms with van der Waals surface area (Å²) in [5.41, 5.74) is 5.26. The summed E-state index contributed by atoms with van der Waals surface area (Å²) in [7, 11) is 1.34. The van der Waals surface area contributed by atoms with Crippen LogP contribution in [-0.2, 0) is 14.3 Å². The normalized spacial score (nSPS) is 20.6. The molecule has 2 amide bonds. The van der Waals surface area contributed by atoms with Gasteiger partial charge in [-0.1, -0.05) is 18.2 Å². The molecule has 112 valence electrons. The SMILES string of the molecule is COC(=O)C1CCC(C(=O)NNC(=O)c2ccccc2)C1. The molecule has 1 aromatic carbocycles. The van der Waals surface area contributed by atoms with Crippen LogP contribution in [0.2, 0.25) is 0 Å². The lowest BCUT2D eigenvalue weighted by Crippen LogP contribution is -2.44. The number of hydrogen-bond acceptors (Lipinski definition) is 4. The lowest BCUT2D eigenvalue weighted by Gasteiger charge is -2.12. The number of amides is 2. The second-order valence-electron chi connectivity index (χ2n) is 5.04. The number of nitrogens with one attached hydrogen (secondary N) is 2. The minimum Gasteiger partial charge on any atom is -0.469 e. The van der Waals surface area contributed by atoms with E-state index < -0.39 is 0 Å². The zero-order chi connectivity index (χ0) is 15.2. The van der Waals surface area contributed by atoms with Crippen LogP contribution in [0.15, 0.2) is 30.3 Å². The zero-order valence-corrected chi connectivity index (χ0v) is 11.8. The molecule has 6 nitrogen and oxygen atoms in total. The lowest BCUT2D eigenvalue weighted by atomic mass is 10.0. The first-order valence-electron chi connectivity index (χ1n) is 6.85. The highest BCUT2D eigenvalue weighted by Crippen LogP contribution is 2.31.